The molecular weight excluding hydrogens is 210 g/mol. The first-order valence-electron chi connectivity index (χ1n) is 5.51. The molecular formula is C10H15N3OS. The van der Waals surface area contributed by atoms with Gasteiger partial charge in [-0.1, -0.05) is 0 Å². The fraction of sp³-hybridized carbons (Fsp3) is 0.800. The SMILES string of the molecule is Cc1nsc(NC2CCOC2C2CC2)n1. The number of ether oxygens (including phenoxy) is 1. The van der Waals surface area contributed by atoms with E-state index in [9.17, 15) is 0 Å². The van der Waals surface area contributed by atoms with Crippen LogP contribution in [0.3, 0.4) is 0 Å². The van der Waals surface area contributed by atoms with E-state index in [1.54, 1.807) is 0 Å². The van der Waals surface area contributed by atoms with Crippen molar-refractivity contribution in [3.63, 3.8) is 0 Å². The molecule has 1 aromatic rings. The van der Waals surface area contributed by atoms with Crippen LogP contribution in [0.15, 0.2) is 0 Å². The maximum Gasteiger partial charge on any atom is 0.202 e. The second-order valence-corrected chi connectivity index (χ2v) is 5.11. The average molecular weight is 225 g/mol. The number of aromatic nitrogens is 2. The van der Waals surface area contributed by atoms with Gasteiger partial charge in [-0.3, -0.25) is 0 Å². The van der Waals surface area contributed by atoms with Gasteiger partial charge in [0.05, 0.1) is 12.1 Å². The number of nitrogens with zero attached hydrogens (tertiary/aromatic N) is 2. The number of rotatable bonds is 3. The molecule has 1 saturated heterocycles. The standard InChI is InChI=1S/C10H15N3OS/c1-6-11-10(15-13-6)12-8-4-5-14-9(8)7-2-3-7/h7-9H,2-5H2,1H3,(H,11,12,13). The van der Waals surface area contributed by atoms with Gasteiger partial charge >= 0.3 is 0 Å². The van der Waals surface area contributed by atoms with Crippen LogP contribution in [0.4, 0.5) is 5.13 Å². The molecule has 0 radical (unpaired) electrons. The van der Waals surface area contributed by atoms with Crippen molar-refractivity contribution < 1.29 is 4.74 Å². The van der Waals surface area contributed by atoms with E-state index in [-0.39, 0.29) is 0 Å². The molecule has 3 rings (SSSR count). The summed E-state index contributed by atoms with van der Waals surface area (Å²) in [6.07, 6.45) is 4.17. The molecule has 0 bridgehead atoms. The third kappa shape index (κ3) is 1.99. The Morgan fingerprint density at radius 2 is 2.27 bits per heavy atom. The molecule has 1 N–H and O–H groups in total. The van der Waals surface area contributed by atoms with Gasteiger partial charge in [-0.2, -0.15) is 4.37 Å². The Bertz CT molecular complexity index is 350. The van der Waals surface area contributed by atoms with Crippen molar-refractivity contribution in [3.05, 3.63) is 5.82 Å². The summed E-state index contributed by atoms with van der Waals surface area (Å²) >= 11 is 1.44. The van der Waals surface area contributed by atoms with Crippen LogP contribution in [0.25, 0.3) is 0 Å². The van der Waals surface area contributed by atoms with Crippen LogP contribution >= 0.6 is 11.5 Å². The van der Waals surface area contributed by atoms with Crippen molar-refractivity contribution in [2.45, 2.75) is 38.3 Å². The first-order chi connectivity index (χ1) is 7.33. The van der Waals surface area contributed by atoms with Crippen molar-refractivity contribution in [1.29, 1.82) is 0 Å². The van der Waals surface area contributed by atoms with E-state index >= 15 is 0 Å². The lowest BCUT2D eigenvalue weighted by Gasteiger charge is -2.18. The van der Waals surface area contributed by atoms with Gasteiger partial charge in [0, 0.05) is 18.1 Å². The van der Waals surface area contributed by atoms with E-state index in [1.807, 2.05) is 6.92 Å². The molecule has 5 heteroatoms. The van der Waals surface area contributed by atoms with E-state index < -0.39 is 0 Å². The molecule has 0 amide bonds. The Labute approximate surface area is 93.2 Å². The Morgan fingerprint density at radius 3 is 2.93 bits per heavy atom. The molecule has 1 saturated carbocycles. The van der Waals surface area contributed by atoms with Gasteiger partial charge in [0.2, 0.25) is 5.13 Å². The maximum absolute atomic E-state index is 5.76. The van der Waals surface area contributed by atoms with Crippen molar-refractivity contribution in [2.75, 3.05) is 11.9 Å². The largest absolute Gasteiger partial charge is 0.376 e. The Morgan fingerprint density at radius 1 is 1.40 bits per heavy atom. The lowest BCUT2D eigenvalue weighted by atomic mass is 10.1. The molecule has 4 nitrogen and oxygen atoms in total. The Balaban J connectivity index is 1.66. The highest BCUT2D eigenvalue weighted by Gasteiger charge is 2.40. The summed E-state index contributed by atoms with van der Waals surface area (Å²) in [6.45, 7) is 2.81. The van der Waals surface area contributed by atoms with E-state index in [0.717, 1.165) is 29.9 Å². The monoisotopic (exact) mass is 225 g/mol. The normalized spacial score (nSPS) is 30.7. The van der Waals surface area contributed by atoms with Crippen LogP contribution in [0.5, 0.6) is 0 Å². The molecule has 15 heavy (non-hydrogen) atoms. The number of nitrogens with one attached hydrogen (secondary N) is 1. The highest BCUT2D eigenvalue weighted by Crippen LogP contribution is 2.39. The minimum absolute atomic E-state index is 0.411. The fourth-order valence-electron chi connectivity index (χ4n) is 2.17. The number of anilines is 1. The summed E-state index contributed by atoms with van der Waals surface area (Å²) in [4.78, 5) is 4.33. The molecule has 1 aliphatic carbocycles. The van der Waals surface area contributed by atoms with Gasteiger partial charge in [0.15, 0.2) is 0 Å². The molecule has 2 unspecified atom stereocenters. The van der Waals surface area contributed by atoms with Crippen LogP contribution in [0.1, 0.15) is 25.1 Å². The molecule has 2 fully saturated rings. The third-order valence-electron chi connectivity index (χ3n) is 3.06. The van der Waals surface area contributed by atoms with Crippen LogP contribution in [-0.2, 0) is 4.74 Å². The second-order valence-electron chi connectivity index (χ2n) is 4.36. The summed E-state index contributed by atoms with van der Waals surface area (Å²) in [7, 11) is 0. The van der Waals surface area contributed by atoms with E-state index in [0.29, 0.717) is 12.1 Å². The molecule has 82 valence electrons. The van der Waals surface area contributed by atoms with Crippen molar-refractivity contribution >= 4 is 16.7 Å². The summed E-state index contributed by atoms with van der Waals surface area (Å²) < 4.78 is 9.93. The summed E-state index contributed by atoms with van der Waals surface area (Å²) in [5.41, 5.74) is 0. The number of hydrogen-bond donors (Lipinski definition) is 1. The lowest BCUT2D eigenvalue weighted by Crippen LogP contribution is -2.30. The Hall–Kier alpha value is -0.680. The van der Waals surface area contributed by atoms with Gasteiger partial charge < -0.3 is 10.1 Å². The first kappa shape index (κ1) is 9.54. The average Bonchev–Trinajstić information content (AvgIpc) is 2.83. The zero-order chi connectivity index (χ0) is 10.3. The maximum atomic E-state index is 5.76. The quantitative estimate of drug-likeness (QED) is 0.852. The summed E-state index contributed by atoms with van der Waals surface area (Å²) in [5.74, 6) is 1.64. The first-order valence-corrected chi connectivity index (χ1v) is 6.29. The molecule has 2 heterocycles. The van der Waals surface area contributed by atoms with E-state index in [2.05, 4.69) is 14.7 Å². The third-order valence-corrected chi connectivity index (χ3v) is 3.80. The van der Waals surface area contributed by atoms with Crippen LogP contribution in [0, 0.1) is 12.8 Å². The van der Waals surface area contributed by atoms with Crippen LogP contribution in [-0.4, -0.2) is 28.1 Å². The van der Waals surface area contributed by atoms with Gasteiger partial charge in [0.25, 0.3) is 0 Å². The topological polar surface area (TPSA) is 47.0 Å². The summed E-state index contributed by atoms with van der Waals surface area (Å²) in [5, 5.41) is 4.39. The number of aryl methyl sites for hydroxylation is 1. The van der Waals surface area contributed by atoms with Crippen molar-refractivity contribution in [2.24, 2.45) is 5.92 Å². The predicted molar refractivity (Wildman–Crippen MR) is 59.1 cm³/mol. The molecule has 0 spiro atoms. The lowest BCUT2D eigenvalue weighted by molar-refractivity contribution is 0.0898. The minimum Gasteiger partial charge on any atom is -0.376 e. The minimum atomic E-state index is 0.411. The zero-order valence-electron chi connectivity index (χ0n) is 8.77. The number of hydrogen-bond acceptors (Lipinski definition) is 5. The molecule has 1 aliphatic heterocycles. The van der Waals surface area contributed by atoms with Crippen LogP contribution < -0.4 is 5.32 Å². The predicted octanol–water partition coefficient (Wildman–Crippen LogP) is 1.83. The van der Waals surface area contributed by atoms with Gasteiger partial charge in [-0.05, 0) is 32.1 Å². The Kier molecular flexibility index (Phi) is 2.36. The molecule has 1 aromatic heterocycles. The molecule has 2 aliphatic rings. The van der Waals surface area contributed by atoms with Crippen LogP contribution in [0.2, 0.25) is 0 Å². The molecule has 2 atom stereocenters. The van der Waals surface area contributed by atoms with E-state index in [1.165, 1.54) is 24.4 Å². The van der Waals surface area contributed by atoms with Crippen molar-refractivity contribution in [3.8, 4) is 0 Å². The fourth-order valence-corrected chi connectivity index (χ4v) is 2.81. The van der Waals surface area contributed by atoms with Gasteiger partial charge in [0.1, 0.15) is 5.82 Å². The highest BCUT2D eigenvalue weighted by atomic mass is 32.1. The molecule has 0 aromatic carbocycles. The van der Waals surface area contributed by atoms with E-state index in [4.69, 9.17) is 4.74 Å². The van der Waals surface area contributed by atoms with Gasteiger partial charge in [-0.15, -0.1) is 0 Å². The highest BCUT2D eigenvalue weighted by molar-refractivity contribution is 7.09. The smallest absolute Gasteiger partial charge is 0.202 e. The zero-order valence-corrected chi connectivity index (χ0v) is 9.59. The van der Waals surface area contributed by atoms with Crippen molar-refractivity contribution in [1.82, 2.24) is 9.36 Å². The summed E-state index contributed by atoms with van der Waals surface area (Å²) in [6, 6.07) is 0.449. The second kappa shape index (κ2) is 3.72. The van der Waals surface area contributed by atoms with Gasteiger partial charge in [-0.25, -0.2) is 4.98 Å².